The number of hydrazone groups is 1. The summed E-state index contributed by atoms with van der Waals surface area (Å²) in [6.45, 7) is 3.45. The Morgan fingerprint density at radius 2 is 1.55 bits per heavy atom. The molecule has 0 bridgehead atoms. The van der Waals surface area contributed by atoms with E-state index in [0.717, 1.165) is 10.8 Å². The smallest absolute Gasteiger partial charge is 0.741 e. The molecule has 2 aromatic carbocycles. The van der Waals surface area contributed by atoms with Crippen LogP contribution in [0.15, 0.2) is 61.9 Å². The third kappa shape index (κ3) is 7.45. The normalized spacial score (nSPS) is 13.5. The van der Waals surface area contributed by atoms with Crippen LogP contribution in [-0.4, -0.2) is 40.1 Å². The molecular weight excluding hydrogens is 460 g/mol. The Balaban J connectivity index is 0.00000420. The molecule has 29 heavy (non-hydrogen) atoms. The zero-order chi connectivity index (χ0) is 20.5. The molecule has 0 heterocycles. The van der Waals surface area contributed by atoms with Crippen molar-refractivity contribution in [2.75, 3.05) is 7.05 Å². The molecule has 0 unspecified atom stereocenters. The van der Waals surface area contributed by atoms with Crippen LogP contribution in [0.4, 0.5) is 0 Å². The third-order valence-corrected chi connectivity index (χ3v) is 4.08. The molecule has 0 aromatic heterocycles. The van der Waals surface area contributed by atoms with Crippen LogP contribution in [0.3, 0.4) is 0 Å². The summed E-state index contributed by atoms with van der Waals surface area (Å²) in [5, 5.41) is 34.6. The molecule has 3 N–H and O–H groups in total. The van der Waals surface area contributed by atoms with E-state index in [1.807, 2.05) is 30.3 Å². The number of benzene rings is 2. The van der Waals surface area contributed by atoms with E-state index in [-0.39, 0.29) is 35.6 Å². The maximum absolute atomic E-state index is 10.1. The molecule has 8 nitrogen and oxygen atoms in total. The molecule has 0 saturated carbocycles. The van der Waals surface area contributed by atoms with Gasteiger partial charge in [-0.2, -0.15) is 25.5 Å². The van der Waals surface area contributed by atoms with Crippen molar-refractivity contribution < 1.29 is 24.6 Å². The second-order valence-electron chi connectivity index (χ2n) is 5.52. The number of aromatic hydroxyl groups is 1. The molecule has 0 aliphatic carbocycles. The van der Waals surface area contributed by atoms with Gasteiger partial charge in [-0.25, -0.2) is 0 Å². The maximum atomic E-state index is 10.1. The standard InChI is InChI=1S/C18H21N7OS2.Zn/c1-11(21-24-17(27)19-3)12(2)22-25-18(28)23-20-10-15-14-7-5-4-6-13(14)8-9-16(15)26;/h4-10,26H,1-3H3,(H2,19,24,27)(H2,23,25,28);/q;+2/p-2/b20-10+,21-11?,22-12?;. The van der Waals surface area contributed by atoms with E-state index < -0.39 is 0 Å². The van der Waals surface area contributed by atoms with Crippen LogP contribution in [0.1, 0.15) is 19.4 Å². The van der Waals surface area contributed by atoms with Gasteiger partial charge in [-0.1, -0.05) is 30.3 Å². The second-order valence-corrected chi connectivity index (χ2v) is 6.29. The van der Waals surface area contributed by atoms with E-state index in [9.17, 15) is 5.11 Å². The van der Waals surface area contributed by atoms with Crippen LogP contribution in [0.5, 0.6) is 5.75 Å². The van der Waals surface area contributed by atoms with Gasteiger partial charge in [0.15, 0.2) is 0 Å². The Bertz CT molecular complexity index is 1000. The summed E-state index contributed by atoms with van der Waals surface area (Å²) in [4.78, 5) is 0. The average Bonchev–Trinajstić information content (AvgIpc) is 2.71. The first kappa shape index (κ1) is 24.6. The zero-order valence-electron chi connectivity index (χ0n) is 16.2. The van der Waals surface area contributed by atoms with Gasteiger partial charge in [0.25, 0.3) is 0 Å². The Morgan fingerprint density at radius 1 is 0.931 bits per heavy atom. The van der Waals surface area contributed by atoms with Crippen LogP contribution in [-0.2, 0) is 44.7 Å². The van der Waals surface area contributed by atoms with Gasteiger partial charge in [0.1, 0.15) is 5.75 Å². The number of amidine groups is 2. The van der Waals surface area contributed by atoms with Crippen molar-refractivity contribution in [1.29, 1.82) is 0 Å². The van der Waals surface area contributed by atoms with Crippen molar-refractivity contribution >= 4 is 64.0 Å². The minimum absolute atomic E-state index is 0. The van der Waals surface area contributed by atoms with E-state index in [4.69, 9.17) is 25.3 Å². The van der Waals surface area contributed by atoms with E-state index in [0.29, 0.717) is 17.0 Å². The quantitative estimate of drug-likeness (QED) is 0.201. The summed E-state index contributed by atoms with van der Waals surface area (Å²) in [7, 11) is 1.66. The van der Waals surface area contributed by atoms with Crippen LogP contribution >= 0.6 is 0 Å². The maximum Gasteiger partial charge on any atom is 2.00 e. The molecule has 2 aromatic rings. The fraction of sp³-hybridized carbons (Fsp3) is 0.167. The monoisotopic (exact) mass is 477 g/mol. The fourth-order valence-electron chi connectivity index (χ4n) is 2.03. The van der Waals surface area contributed by atoms with Crippen LogP contribution in [0, 0.1) is 0 Å². The topological polar surface area (TPSA) is 106 Å². The molecule has 0 fully saturated rings. The van der Waals surface area contributed by atoms with Gasteiger partial charge in [-0.05, 0) is 35.9 Å². The summed E-state index contributed by atoms with van der Waals surface area (Å²) in [5.74, 6) is 0.121. The van der Waals surface area contributed by atoms with Crippen molar-refractivity contribution in [3.63, 3.8) is 0 Å². The molecule has 11 heteroatoms. The molecule has 146 valence electrons. The number of nitrogens with zero attached hydrogens (tertiary/aromatic N) is 5. The predicted octanol–water partition coefficient (Wildman–Crippen LogP) is 2.24. The molecule has 0 spiro atoms. The van der Waals surface area contributed by atoms with Gasteiger partial charge in [-0.3, -0.25) is 5.43 Å². The van der Waals surface area contributed by atoms with Crippen molar-refractivity contribution in [3.8, 4) is 5.75 Å². The van der Waals surface area contributed by atoms with Gasteiger partial charge in [0.05, 0.1) is 17.6 Å². The molecule has 0 atom stereocenters. The molecule has 0 amide bonds. The summed E-state index contributed by atoms with van der Waals surface area (Å²) in [6.07, 6.45) is 1.49. The number of phenolic OH excluding ortho intramolecular Hbond substituents is 1. The minimum atomic E-state index is 0. The van der Waals surface area contributed by atoms with E-state index in [2.05, 4.69) is 36.2 Å². The molecule has 0 aliphatic rings. The number of phenols is 1. The Hall–Kier alpha value is -2.49. The number of nitrogens with one attached hydrogen (secondary N) is 2. The number of hydrogen-bond donors (Lipinski definition) is 3. The van der Waals surface area contributed by atoms with Crippen LogP contribution < -0.4 is 10.7 Å². The van der Waals surface area contributed by atoms with Crippen molar-refractivity contribution in [3.05, 3.63) is 42.0 Å². The molecule has 2 rings (SSSR count). The molecule has 0 aliphatic heterocycles. The molecule has 0 radical (unpaired) electrons. The van der Waals surface area contributed by atoms with Gasteiger partial charge < -0.3 is 35.7 Å². The van der Waals surface area contributed by atoms with Gasteiger partial charge in [0.2, 0.25) is 0 Å². The Labute approximate surface area is 193 Å². The van der Waals surface area contributed by atoms with Gasteiger partial charge >= 0.3 is 19.5 Å². The molecule has 0 saturated heterocycles. The van der Waals surface area contributed by atoms with Crippen LogP contribution in [0.25, 0.3) is 10.8 Å². The summed E-state index contributed by atoms with van der Waals surface area (Å²) >= 11 is 9.95. The summed E-state index contributed by atoms with van der Waals surface area (Å²) in [6, 6.07) is 11.1. The SMILES string of the molecule is CNC([S-])=NN=C(C)C(C)=NN=C([S-])N/N=C/c1c(O)ccc2ccccc12.[Zn+2]. The van der Waals surface area contributed by atoms with E-state index in [1.54, 1.807) is 27.0 Å². The van der Waals surface area contributed by atoms with Gasteiger partial charge in [0, 0.05) is 17.8 Å². The predicted molar refractivity (Wildman–Crippen MR) is 121 cm³/mol. The van der Waals surface area contributed by atoms with E-state index in [1.165, 1.54) is 6.21 Å². The van der Waals surface area contributed by atoms with Crippen molar-refractivity contribution in [2.24, 2.45) is 25.5 Å². The first-order valence-electron chi connectivity index (χ1n) is 8.18. The largest absolute Gasteiger partial charge is 2.00 e. The first-order valence-corrected chi connectivity index (χ1v) is 9.00. The number of fused-ring (bicyclic) bond motifs is 1. The Kier molecular flexibility index (Phi) is 10.3. The Morgan fingerprint density at radius 3 is 2.21 bits per heavy atom. The zero-order valence-corrected chi connectivity index (χ0v) is 20.8. The van der Waals surface area contributed by atoms with E-state index >= 15 is 0 Å². The van der Waals surface area contributed by atoms with Crippen LogP contribution in [0.2, 0.25) is 0 Å². The third-order valence-electron chi connectivity index (χ3n) is 3.62. The summed E-state index contributed by atoms with van der Waals surface area (Å²) < 4.78 is 0. The average molecular weight is 479 g/mol. The first-order chi connectivity index (χ1) is 13.4. The fourth-order valence-corrected chi connectivity index (χ4v) is 2.16. The van der Waals surface area contributed by atoms with Crippen molar-refractivity contribution in [2.45, 2.75) is 13.8 Å². The van der Waals surface area contributed by atoms with Gasteiger partial charge in [-0.15, -0.1) is 0 Å². The second kappa shape index (κ2) is 12.2. The van der Waals surface area contributed by atoms with Crippen molar-refractivity contribution in [1.82, 2.24) is 10.7 Å². The summed E-state index contributed by atoms with van der Waals surface area (Å²) in [5.41, 5.74) is 4.26. The molecular formula is C18H19N7OS2Zn. The number of hydrogen-bond acceptors (Lipinski definition) is 8. The minimum Gasteiger partial charge on any atom is -0.741 e. The number of rotatable bonds is 5.